The zero-order valence-corrected chi connectivity index (χ0v) is 32.5. The normalized spacial score (nSPS) is 35.5. The van der Waals surface area contributed by atoms with Crippen LogP contribution in [0.2, 0.25) is 0 Å². The van der Waals surface area contributed by atoms with Crippen molar-refractivity contribution < 1.29 is 43.6 Å². The van der Waals surface area contributed by atoms with E-state index in [1.807, 2.05) is 45.9 Å². The molecular formula is C41H69N2O8+. The van der Waals surface area contributed by atoms with Crippen molar-refractivity contribution in [3.63, 3.8) is 0 Å². The summed E-state index contributed by atoms with van der Waals surface area (Å²) in [6.45, 7) is 14.6. The molecule has 10 heteroatoms. The Hall–Kier alpha value is -2.24. The van der Waals surface area contributed by atoms with Crippen LogP contribution in [-0.4, -0.2) is 118 Å². The van der Waals surface area contributed by atoms with Crippen LogP contribution >= 0.6 is 0 Å². The maximum absolute atomic E-state index is 13.6. The summed E-state index contributed by atoms with van der Waals surface area (Å²) in [5, 5.41) is 32.5. The summed E-state index contributed by atoms with van der Waals surface area (Å²) in [5.74, 6) is -0.432. The fourth-order valence-corrected chi connectivity index (χ4v) is 8.32. The Morgan fingerprint density at radius 3 is 2.45 bits per heavy atom. The number of quaternary nitrogens is 1. The number of nitrogens with zero attached hydrogens (tertiary/aromatic N) is 2. The summed E-state index contributed by atoms with van der Waals surface area (Å²) >= 11 is 0. The molecule has 51 heavy (non-hydrogen) atoms. The molecule has 1 amide bonds. The van der Waals surface area contributed by atoms with Crippen LogP contribution in [0, 0.1) is 17.8 Å². The van der Waals surface area contributed by atoms with Crippen molar-refractivity contribution >= 4 is 12.1 Å². The average molecular weight is 718 g/mol. The molecule has 3 N–H and O–H groups in total. The smallest absolute Gasteiger partial charge is 0.410 e. The molecule has 0 aromatic carbocycles. The van der Waals surface area contributed by atoms with Crippen LogP contribution in [0.1, 0.15) is 112 Å². The number of ether oxygens (including phenoxy) is 3. The van der Waals surface area contributed by atoms with Gasteiger partial charge in [-0.05, 0) is 82.8 Å². The third kappa shape index (κ3) is 11.9. The second-order valence-corrected chi connectivity index (χ2v) is 16.8. The van der Waals surface area contributed by atoms with Crippen LogP contribution in [0.15, 0.2) is 36.0 Å². The van der Waals surface area contributed by atoms with Crippen molar-refractivity contribution in [3.8, 4) is 0 Å². The first-order valence-electron chi connectivity index (χ1n) is 19.9. The van der Waals surface area contributed by atoms with Crippen molar-refractivity contribution in [1.82, 2.24) is 4.90 Å². The molecule has 10 nitrogen and oxygen atoms in total. The molecule has 0 unspecified atom stereocenters. The summed E-state index contributed by atoms with van der Waals surface area (Å²) in [7, 11) is 2.33. The first kappa shape index (κ1) is 41.5. The zero-order valence-electron chi connectivity index (χ0n) is 32.5. The second-order valence-electron chi connectivity index (χ2n) is 16.8. The van der Waals surface area contributed by atoms with Gasteiger partial charge >= 0.3 is 12.1 Å². The predicted octanol–water partition coefficient (Wildman–Crippen LogP) is 6.08. The van der Waals surface area contributed by atoms with Crippen molar-refractivity contribution in [1.29, 1.82) is 0 Å². The molecular weight excluding hydrogens is 648 g/mol. The number of aliphatic hydroxyl groups excluding tert-OH is 2. The molecule has 4 aliphatic rings. The van der Waals surface area contributed by atoms with E-state index in [4.69, 9.17) is 14.2 Å². The van der Waals surface area contributed by atoms with Crippen LogP contribution in [0.3, 0.4) is 0 Å². The summed E-state index contributed by atoms with van der Waals surface area (Å²) in [6, 6.07) is 0.646. The number of carbonyl (C=O) groups is 2. The maximum atomic E-state index is 13.6. The number of likely N-dealkylation sites (N-methyl/N-ethyl adjacent to an activating group) is 1. The number of carbonyl (C=O) groups excluding carboxylic acids is 2. The van der Waals surface area contributed by atoms with Crippen LogP contribution in [-0.2, 0) is 19.0 Å². The highest BCUT2D eigenvalue weighted by Gasteiger charge is 2.45. The molecule has 0 spiro atoms. The van der Waals surface area contributed by atoms with Crippen LogP contribution in [0.5, 0.6) is 0 Å². The average Bonchev–Trinajstić information content (AvgIpc) is 3.90. The minimum atomic E-state index is -1.45. The monoisotopic (exact) mass is 718 g/mol. The number of piperazine rings is 1. The van der Waals surface area contributed by atoms with E-state index in [1.54, 1.807) is 17.9 Å². The highest BCUT2D eigenvalue weighted by Crippen LogP contribution is 2.36. The third-order valence-corrected chi connectivity index (χ3v) is 12.3. The highest BCUT2D eigenvalue weighted by atomic mass is 16.6. The Morgan fingerprint density at radius 1 is 1.14 bits per heavy atom. The molecule has 0 radical (unpaired) electrons. The lowest BCUT2D eigenvalue weighted by Crippen LogP contribution is -2.62. The number of cyclic esters (lactones) is 1. The number of epoxide rings is 1. The van der Waals surface area contributed by atoms with Gasteiger partial charge in [0.2, 0.25) is 0 Å². The van der Waals surface area contributed by atoms with E-state index >= 15 is 0 Å². The number of allylic oxidation sites excluding steroid dienone is 3. The number of rotatable bonds is 10. The second kappa shape index (κ2) is 18.7. The molecule has 3 heterocycles. The minimum Gasteiger partial charge on any atom is -0.457 e. The van der Waals surface area contributed by atoms with Crippen molar-refractivity contribution in [2.75, 3.05) is 33.2 Å². The van der Waals surface area contributed by atoms with Gasteiger partial charge in [0, 0.05) is 11.8 Å². The summed E-state index contributed by atoms with van der Waals surface area (Å²) in [5.41, 5.74) is -0.619. The fraction of sp³-hybridized carbons (Fsp3) is 0.805. The van der Waals surface area contributed by atoms with Gasteiger partial charge in [0.1, 0.15) is 11.7 Å². The Balaban J connectivity index is 1.41. The van der Waals surface area contributed by atoms with Gasteiger partial charge < -0.3 is 34.0 Å². The standard InChI is InChI=1S/C41H69N2O8/c1-8-34(45)31(5)39-35(49-39)26-28(2)14-13-15-29(3)38-30(4)18-19-36(41(6,48)21-20-33(44)27-37(46)51-38)50-40(47)42-22-24-43(7,25-23-42)32-16-11-9-10-12-17-32/h13-15,18-19,28,30-36,38-39,44-45,48H,8-12,16-17,20-27H2,1-7H3/q+1/b14-13+,19-18+,29-15+/t28-,30+,31-,33-,34+,35-,36+,38-,39-,41-/m1/s1. The van der Waals surface area contributed by atoms with E-state index in [-0.39, 0.29) is 55.3 Å². The largest absolute Gasteiger partial charge is 0.457 e. The van der Waals surface area contributed by atoms with Gasteiger partial charge in [0.25, 0.3) is 0 Å². The SMILES string of the molecule is CC[C@H](O)[C@@H](C)[C@H]1O[C@@H]1C[C@H](C)/C=C/C=C(\C)[C@H]1OC(=O)C[C@H](O)CC[C@@](C)(O)[C@@H](OC(=O)N2CC[N+](C)(C3CCCCCC3)CC2)/C=C/[C@@H]1C. The molecule has 10 atom stereocenters. The van der Waals surface area contributed by atoms with Gasteiger partial charge in [-0.1, -0.05) is 64.8 Å². The van der Waals surface area contributed by atoms with Gasteiger partial charge in [-0.3, -0.25) is 9.69 Å². The van der Waals surface area contributed by atoms with E-state index in [2.05, 4.69) is 20.0 Å². The first-order valence-corrected chi connectivity index (χ1v) is 19.9. The summed E-state index contributed by atoms with van der Waals surface area (Å²) in [4.78, 5) is 28.3. The molecule has 1 aliphatic carbocycles. The summed E-state index contributed by atoms with van der Waals surface area (Å²) < 4.78 is 18.9. The lowest BCUT2D eigenvalue weighted by Gasteiger charge is -2.47. The van der Waals surface area contributed by atoms with Crippen molar-refractivity contribution in [2.45, 2.75) is 160 Å². The quantitative estimate of drug-likeness (QED) is 0.0620. The molecule has 3 fully saturated rings. The molecule has 0 bridgehead atoms. The lowest BCUT2D eigenvalue weighted by molar-refractivity contribution is -0.937. The third-order valence-electron chi connectivity index (χ3n) is 12.3. The van der Waals surface area contributed by atoms with Gasteiger partial charge in [-0.2, -0.15) is 0 Å². The van der Waals surface area contributed by atoms with E-state index in [0.29, 0.717) is 25.6 Å². The van der Waals surface area contributed by atoms with Crippen LogP contribution < -0.4 is 0 Å². The van der Waals surface area contributed by atoms with E-state index in [0.717, 1.165) is 29.6 Å². The van der Waals surface area contributed by atoms with Crippen LogP contribution in [0.4, 0.5) is 4.79 Å². The van der Waals surface area contributed by atoms with Gasteiger partial charge in [-0.15, -0.1) is 0 Å². The summed E-state index contributed by atoms with van der Waals surface area (Å²) in [6.07, 6.45) is 15.9. The number of amides is 1. The minimum absolute atomic E-state index is 0.0985. The molecule has 4 rings (SSSR count). The van der Waals surface area contributed by atoms with Gasteiger partial charge in [-0.25, -0.2) is 4.79 Å². The molecule has 2 saturated heterocycles. The molecule has 0 aromatic heterocycles. The molecule has 290 valence electrons. The molecule has 1 saturated carbocycles. The number of aliphatic hydroxyl groups is 3. The van der Waals surface area contributed by atoms with Gasteiger partial charge in [0.05, 0.1) is 70.1 Å². The number of hydrogen-bond acceptors (Lipinski definition) is 8. The molecule has 3 aliphatic heterocycles. The van der Waals surface area contributed by atoms with Crippen LogP contribution in [0.25, 0.3) is 0 Å². The van der Waals surface area contributed by atoms with Crippen molar-refractivity contribution in [3.05, 3.63) is 36.0 Å². The number of esters is 1. The molecule has 0 aromatic rings. The highest BCUT2D eigenvalue weighted by molar-refractivity contribution is 5.70. The Morgan fingerprint density at radius 2 is 1.80 bits per heavy atom. The van der Waals surface area contributed by atoms with Crippen molar-refractivity contribution in [2.24, 2.45) is 17.8 Å². The Kier molecular flexibility index (Phi) is 15.2. The predicted molar refractivity (Wildman–Crippen MR) is 199 cm³/mol. The Labute approximate surface area is 307 Å². The first-order chi connectivity index (χ1) is 24.1. The van der Waals surface area contributed by atoms with Gasteiger partial charge in [0.15, 0.2) is 6.10 Å². The lowest BCUT2D eigenvalue weighted by atomic mass is 9.88. The number of hydrogen-bond donors (Lipinski definition) is 3. The zero-order chi connectivity index (χ0) is 37.3. The maximum Gasteiger partial charge on any atom is 0.410 e. The topological polar surface area (TPSA) is 129 Å². The fourth-order valence-electron chi connectivity index (χ4n) is 8.32. The van der Waals surface area contributed by atoms with E-state index < -0.39 is 36.0 Å². The Bertz CT molecular complexity index is 1220. The van der Waals surface area contributed by atoms with E-state index in [9.17, 15) is 24.9 Å². The van der Waals surface area contributed by atoms with E-state index in [1.165, 1.54) is 38.5 Å².